The minimum atomic E-state index is 0.0468. The molecule has 3 heterocycles. The first-order valence-corrected chi connectivity index (χ1v) is 12.1. The number of benzene rings is 1. The molecular weight excluding hydrogens is 450 g/mol. The number of aromatic nitrogens is 4. The van der Waals surface area contributed by atoms with Crippen LogP contribution in [-0.2, 0) is 7.05 Å². The summed E-state index contributed by atoms with van der Waals surface area (Å²) in [4.78, 5) is 11.4. The highest BCUT2D eigenvalue weighted by atomic mass is 35.5. The number of likely N-dealkylation sites (tertiary alicyclic amines) is 1. The second kappa shape index (κ2) is 10.2. The van der Waals surface area contributed by atoms with Gasteiger partial charge in [-0.05, 0) is 89.9 Å². The molecule has 8 nitrogen and oxygen atoms in total. The van der Waals surface area contributed by atoms with Gasteiger partial charge in [0.2, 0.25) is 5.95 Å². The molecule has 0 spiro atoms. The predicted molar refractivity (Wildman–Crippen MR) is 138 cm³/mol. The third kappa shape index (κ3) is 5.62. The van der Waals surface area contributed by atoms with Crippen molar-refractivity contribution in [2.45, 2.75) is 52.6 Å². The number of nitrogens with zero attached hydrogens (tertiary/aromatic N) is 5. The van der Waals surface area contributed by atoms with Crippen LogP contribution in [0.2, 0.25) is 5.02 Å². The maximum absolute atomic E-state index is 6.38. The van der Waals surface area contributed by atoms with Crippen LogP contribution >= 0.6 is 11.6 Å². The summed E-state index contributed by atoms with van der Waals surface area (Å²) in [6.07, 6.45) is 5.85. The minimum Gasteiger partial charge on any atom is -0.489 e. The molecule has 0 amide bonds. The Hall–Kier alpha value is -2.84. The Bertz CT molecular complexity index is 1150. The number of hydrogen-bond donors (Lipinski definition) is 2. The van der Waals surface area contributed by atoms with Crippen LogP contribution < -0.4 is 15.4 Å². The fraction of sp³-hybridized carbons (Fsp3) is 0.480. The molecule has 182 valence electrons. The van der Waals surface area contributed by atoms with E-state index in [2.05, 4.69) is 56.7 Å². The zero-order chi connectivity index (χ0) is 24.4. The molecule has 2 N–H and O–H groups in total. The summed E-state index contributed by atoms with van der Waals surface area (Å²) >= 11 is 6.38. The summed E-state index contributed by atoms with van der Waals surface area (Å²) in [6, 6.07) is 4.34. The highest BCUT2D eigenvalue weighted by Crippen LogP contribution is 2.38. The van der Waals surface area contributed by atoms with Gasteiger partial charge >= 0.3 is 0 Å². The van der Waals surface area contributed by atoms with Crippen molar-refractivity contribution < 1.29 is 4.74 Å². The van der Waals surface area contributed by atoms with E-state index < -0.39 is 0 Å². The van der Waals surface area contributed by atoms with Gasteiger partial charge in [0.05, 0.1) is 29.4 Å². The molecule has 0 aliphatic carbocycles. The third-order valence-corrected chi connectivity index (χ3v) is 6.42. The van der Waals surface area contributed by atoms with Crippen molar-refractivity contribution in [2.75, 3.05) is 30.8 Å². The number of rotatable bonds is 7. The zero-order valence-corrected chi connectivity index (χ0v) is 21.6. The van der Waals surface area contributed by atoms with Crippen molar-refractivity contribution in [3.63, 3.8) is 0 Å². The normalized spacial score (nSPS) is 15.1. The molecule has 1 aliphatic heterocycles. The van der Waals surface area contributed by atoms with Crippen molar-refractivity contribution in [3.05, 3.63) is 46.4 Å². The largest absolute Gasteiger partial charge is 0.489 e. The number of ether oxygens (including phenoxy) is 1. The first-order chi connectivity index (χ1) is 16.2. The Morgan fingerprint density at radius 1 is 1.09 bits per heavy atom. The molecule has 34 heavy (non-hydrogen) atoms. The highest BCUT2D eigenvalue weighted by Gasteiger charge is 2.22. The first kappa shape index (κ1) is 24.3. The van der Waals surface area contributed by atoms with Gasteiger partial charge in [0.25, 0.3) is 0 Å². The third-order valence-electron chi connectivity index (χ3n) is 6.15. The van der Waals surface area contributed by atoms with Gasteiger partial charge in [0, 0.05) is 13.2 Å². The monoisotopic (exact) mass is 483 g/mol. The number of anilines is 4. The smallest absolute Gasteiger partial charge is 0.229 e. The zero-order valence-electron chi connectivity index (χ0n) is 20.8. The van der Waals surface area contributed by atoms with Crippen molar-refractivity contribution in [1.29, 1.82) is 0 Å². The fourth-order valence-corrected chi connectivity index (χ4v) is 4.54. The highest BCUT2D eigenvalue weighted by molar-refractivity contribution is 6.32. The van der Waals surface area contributed by atoms with Gasteiger partial charge in [-0.1, -0.05) is 11.6 Å². The Labute approximate surface area is 206 Å². The van der Waals surface area contributed by atoms with Crippen molar-refractivity contribution in [2.24, 2.45) is 7.05 Å². The lowest BCUT2D eigenvalue weighted by atomic mass is 9.86. The van der Waals surface area contributed by atoms with E-state index in [0.29, 0.717) is 22.7 Å². The van der Waals surface area contributed by atoms with Crippen LogP contribution in [0.1, 0.15) is 49.4 Å². The van der Waals surface area contributed by atoms with Crippen LogP contribution in [0.4, 0.5) is 23.1 Å². The topological polar surface area (TPSA) is 80.1 Å². The van der Waals surface area contributed by atoms with Gasteiger partial charge < -0.3 is 20.3 Å². The van der Waals surface area contributed by atoms with Crippen molar-refractivity contribution >= 4 is 34.7 Å². The number of piperidine rings is 1. The van der Waals surface area contributed by atoms with Crippen LogP contribution in [0.3, 0.4) is 0 Å². The second-order valence-electron chi connectivity index (χ2n) is 9.39. The molecule has 1 aromatic carbocycles. The average molecular weight is 484 g/mol. The lowest BCUT2D eigenvalue weighted by Gasteiger charge is -2.30. The van der Waals surface area contributed by atoms with E-state index in [4.69, 9.17) is 16.3 Å². The molecule has 2 aromatic heterocycles. The van der Waals surface area contributed by atoms with Gasteiger partial charge in [-0.25, -0.2) is 4.98 Å². The van der Waals surface area contributed by atoms with Crippen molar-refractivity contribution in [1.82, 2.24) is 24.6 Å². The molecule has 3 aromatic rings. The molecule has 0 bridgehead atoms. The van der Waals surface area contributed by atoms with Gasteiger partial charge in [-0.3, -0.25) is 4.68 Å². The van der Waals surface area contributed by atoms with Crippen LogP contribution in [0, 0.1) is 13.8 Å². The van der Waals surface area contributed by atoms with E-state index in [-0.39, 0.29) is 6.10 Å². The molecule has 4 rings (SSSR count). The van der Waals surface area contributed by atoms with Crippen LogP contribution in [0.5, 0.6) is 5.75 Å². The lowest BCUT2D eigenvalue weighted by molar-refractivity contribution is 0.241. The fourth-order valence-electron chi connectivity index (χ4n) is 4.40. The van der Waals surface area contributed by atoms with E-state index >= 15 is 0 Å². The molecule has 0 radical (unpaired) electrons. The molecule has 1 fully saturated rings. The molecule has 1 aliphatic rings. The van der Waals surface area contributed by atoms with Gasteiger partial charge in [0.15, 0.2) is 5.82 Å². The first-order valence-electron chi connectivity index (χ1n) is 11.8. The van der Waals surface area contributed by atoms with Crippen molar-refractivity contribution in [3.8, 4) is 5.75 Å². The number of aryl methyl sites for hydroxylation is 3. The quantitative estimate of drug-likeness (QED) is 0.455. The Morgan fingerprint density at radius 2 is 1.82 bits per heavy atom. The number of hydrogen-bond acceptors (Lipinski definition) is 7. The number of nitrogens with one attached hydrogen (secondary N) is 2. The van der Waals surface area contributed by atoms with E-state index in [1.807, 2.05) is 34.0 Å². The maximum atomic E-state index is 6.38. The molecular formula is C25H34ClN7O. The van der Waals surface area contributed by atoms with Gasteiger partial charge in [0.1, 0.15) is 10.8 Å². The summed E-state index contributed by atoms with van der Waals surface area (Å²) < 4.78 is 7.96. The summed E-state index contributed by atoms with van der Waals surface area (Å²) in [6.45, 7) is 10.4. The molecule has 0 saturated carbocycles. The SMILES string of the molecule is Cc1cc(Nc2ncc(Cl)c(Nc3cn(C)nc3C)n2)c(OC(C)C)cc1C1CCN(C)CC1. The predicted octanol–water partition coefficient (Wildman–Crippen LogP) is 5.56. The standard InChI is InChI=1S/C25H34ClN7O/c1-15(2)34-23-12-19(18-7-9-32(5)10-8-18)16(3)11-21(23)29-25-27-13-20(26)24(30-25)28-22-14-33(6)31-17(22)4/h11-15,18H,7-10H2,1-6H3,(H2,27,28,29,30). The molecule has 0 unspecified atom stereocenters. The van der Waals surface area contributed by atoms with Gasteiger partial charge in [-0.15, -0.1) is 0 Å². The maximum Gasteiger partial charge on any atom is 0.229 e. The Kier molecular flexibility index (Phi) is 7.28. The van der Waals surface area contributed by atoms with E-state index in [9.17, 15) is 0 Å². The summed E-state index contributed by atoms with van der Waals surface area (Å²) in [5.74, 6) is 2.31. The molecule has 1 saturated heterocycles. The van der Waals surface area contributed by atoms with Crippen LogP contribution in [-0.4, -0.2) is 50.9 Å². The van der Waals surface area contributed by atoms with E-state index in [1.54, 1.807) is 10.9 Å². The van der Waals surface area contributed by atoms with Crippen LogP contribution in [0.15, 0.2) is 24.5 Å². The van der Waals surface area contributed by atoms with Gasteiger partial charge in [-0.2, -0.15) is 10.1 Å². The summed E-state index contributed by atoms with van der Waals surface area (Å²) in [5, 5.41) is 11.4. The second-order valence-corrected chi connectivity index (χ2v) is 9.80. The lowest BCUT2D eigenvalue weighted by Crippen LogP contribution is -2.29. The summed E-state index contributed by atoms with van der Waals surface area (Å²) in [7, 11) is 4.06. The van der Waals surface area contributed by atoms with E-state index in [0.717, 1.165) is 48.7 Å². The molecule has 9 heteroatoms. The Balaban J connectivity index is 1.62. The summed E-state index contributed by atoms with van der Waals surface area (Å²) in [5.41, 5.74) is 5.15. The Morgan fingerprint density at radius 3 is 2.47 bits per heavy atom. The van der Waals surface area contributed by atoms with E-state index in [1.165, 1.54) is 11.1 Å². The minimum absolute atomic E-state index is 0.0468. The van der Waals surface area contributed by atoms with Crippen LogP contribution in [0.25, 0.3) is 0 Å². The molecule has 0 atom stereocenters. The number of halogens is 1. The average Bonchev–Trinajstić information content (AvgIpc) is 3.09.